The maximum absolute atomic E-state index is 4.03. The average molecular weight is 291 g/mol. The van der Waals surface area contributed by atoms with Gasteiger partial charge in [-0.15, -0.1) is 0 Å². The lowest BCUT2D eigenvalue weighted by molar-refractivity contribution is 0.714. The van der Waals surface area contributed by atoms with Crippen LogP contribution in [0.25, 0.3) is 0 Å². The quantitative estimate of drug-likeness (QED) is 0.346. The van der Waals surface area contributed by atoms with Crippen LogP contribution in [-0.4, -0.2) is 37.6 Å². The van der Waals surface area contributed by atoms with Gasteiger partial charge in [0, 0.05) is 0 Å². The van der Waals surface area contributed by atoms with Crippen molar-refractivity contribution >= 4 is 17.0 Å². The molecule has 4 nitrogen and oxygen atoms in total. The van der Waals surface area contributed by atoms with E-state index in [2.05, 4.69) is 61.4 Å². The highest BCUT2D eigenvalue weighted by molar-refractivity contribution is 6.90. The molecule has 4 N–H and O–H groups in total. The highest BCUT2D eigenvalue weighted by Gasteiger charge is 2.40. The maximum atomic E-state index is 4.03. The Bertz CT molecular complexity index is 198. The van der Waals surface area contributed by atoms with E-state index < -0.39 is 17.0 Å². The molecule has 0 aromatic rings. The number of hydrogen-bond donors (Lipinski definition) is 4. The van der Waals surface area contributed by atoms with Gasteiger partial charge in [-0.25, -0.2) is 0 Å². The molecular weight excluding hydrogens is 256 g/mol. The van der Waals surface area contributed by atoms with Gasteiger partial charge in [-0.2, -0.15) is 0 Å². The molecule has 0 aromatic heterocycles. The summed E-state index contributed by atoms with van der Waals surface area (Å²) in [6, 6.07) is 3.90. The van der Waals surface area contributed by atoms with Crippen LogP contribution in [0.15, 0.2) is 0 Å². The van der Waals surface area contributed by atoms with Crippen LogP contribution in [0.2, 0.25) is 18.1 Å². The van der Waals surface area contributed by atoms with E-state index in [1.165, 1.54) is 31.0 Å². The minimum Gasteiger partial charge on any atom is -0.322 e. The molecule has 0 fully saturated rings. The molecule has 0 heterocycles. The summed E-state index contributed by atoms with van der Waals surface area (Å²) < 4.78 is 4.03. The first-order valence-corrected chi connectivity index (χ1v) is 12.1. The molecule has 0 bridgehead atoms. The summed E-state index contributed by atoms with van der Waals surface area (Å²) in [5.41, 5.74) is 0. The Morgan fingerprint density at radius 3 is 1.67 bits per heavy atom. The highest BCUT2D eigenvalue weighted by atomic mass is 28.4. The van der Waals surface area contributed by atoms with Gasteiger partial charge in [-0.1, -0.05) is 34.1 Å². The fourth-order valence-corrected chi connectivity index (χ4v) is 11.6. The lowest BCUT2D eigenvalue weighted by Gasteiger charge is -2.41. The fraction of sp³-hybridized carbons (Fsp3) is 1.00. The molecular formula is C12H34N4Si2. The zero-order valence-electron chi connectivity index (χ0n) is 13.2. The third-order valence-corrected chi connectivity index (χ3v) is 14.1. The van der Waals surface area contributed by atoms with E-state index in [0.29, 0.717) is 0 Å². The lowest BCUT2D eigenvalue weighted by Crippen LogP contribution is -2.84. The predicted molar refractivity (Wildman–Crippen MR) is 87.1 cm³/mol. The zero-order chi connectivity index (χ0) is 14.1. The van der Waals surface area contributed by atoms with Gasteiger partial charge >= 0.3 is 8.72 Å². The van der Waals surface area contributed by atoms with Crippen molar-refractivity contribution in [2.75, 3.05) is 20.6 Å². The Hall–Kier alpha value is 0.274. The molecule has 0 aliphatic heterocycles. The maximum Gasteiger partial charge on any atom is 0.358 e. The summed E-state index contributed by atoms with van der Waals surface area (Å²) in [7, 11) is 0.881. The van der Waals surface area contributed by atoms with E-state index in [9.17, 15) is 0 Å². The van der Waals surface area contributed by atoms with Crippen LogP contribution < -0.4 is 19.6 Å². The Morgan fingerprint density at radius 2 is 1.33 bits per heavy atom. The summed E-state index contributed by atoms with van der Waals surface area (Å²) >= 11 is 0. The smallest absolute Gasteiger partial charge is 0.322 e. The van der Waals surface area contributed by atoms with Crippen LogP contribution >= 0.6 is 0 Å². The molecule has 18 heavy (non-hydrogen) atoms. The monoisotopic (exact) mass is 290 g/mol. The number of hydrogen-bond acceptors (Lipinski definition) is 4. The molecule has 0 atom stereocenters. The summed E-state index contributed by atoms with van der Waals surface area (Å²) in [6.07, 6.45) is 2.47. The van der Waals surface area contributed by atoms with E-state index in [1.807, 2.05) is 0 Å². The summed E-state index contributed by atoms with van der Waals surface area (Å²) in [4.78, 5) is 10.8. The Balaban J connectivity index is 4.75. The van der Waals surface area contributed by atoms with Crippen molar-refractivity contribution in [2.45, 2.75) is 58.7 Å². The number of nitrogens with one attached hydrogen (secondary N) is 4. The summed E-state index contributed by atoms with van der Waals surface area (Å²) in [6.45, 7) is 10.3. The SMILES string of the molecule is CCCCN[Si](NC)(NC)N[Si](CC)(CC)CC. The first-order chi connectivity index (χ1) is 8.57. The second-order valence-corrected chi connectivity index (χ2v) is 13.5. The molecule has 0 spiro atoms. The van der Waals surface area contributed by atoms with E-state index in [1.54, 1.807) is 0 Å². The van der Waals surface area contributed by atoms with Crippen molar-refractivity contribution < 1.29 is 0 Å². The van der Waals surface area contributed by atoms with Crippen LogP contribution in [-0.2, 0) is 0 Å². The Morgan fingerprint density at radius 1 is 0.833 bits per heavy atom. The first-order valence-electron chi connectivity index (χ1n) is 7.49. The third-order valence-electron chi connectivity index (χ3n) is 4.15. The van der Waals surface area contributed by atoms with Gasteiger partial charge in [0.15, 0.2) is 0 Å². The molecule has 0 unspecified atom stereocenters. The molecule has 0 rings (SSSR count). The van der Waals surface area contributed by atoms with Gasteiger partial charge in [0.1, 0.15) is 8.24 Å². The van der Waals surface area contributed by atoms with Crippen LogP contribution in [0.4, 0.5) is 0 Å². The van der Waals surface area contributed by atoms with Gasteiger partial charge in [0.2, 0.25) is 0 Å². The molecule has 0 radical (unpaired) electrons. The zero-order valence-corrected chi connectivity index (χ0v) is 15.2. The van der Waals surface area contributed by atoms with Crippen molar-refractivity contribution in [2.24, 2.45) is 0 Å². The van der Waals surface area contributed by atoms with Gasteiger partial charge < -0.3 is 19.6 Å². The normalized spacial score (nSPS) is 13.0. The minimum atomic E-state index is -1.92. The molecule has 6 heteroatoms. The molecule has 0 aromatic carbocycles. The van der Waals surface area contributed by atoms with Crippen molar-refractivity contribution in [1.82, 2.24) is 19.6 Å². The van der Waals surface area contributed by atoms with E-state index in [-0.39, 0.29) is 0 Å². The van der Waals surface area contributed by atoms with Crippen LogP contribution in [0.1, 0.15) is 40.5 Å². The molecule has 0 saturated heterocycles. The first kappa shape index (κ1) is 18.3. The predicted octanol–water partition coefficient (Wildman–Crippen LogP) is 1.85. The van der Waals surface area contributed by atoms with E-state index in [4.69, 9.17) is 0 Å². The minimum absolute atomic E-state index is 1.08. The molecule has 0 aliphatic carbocycles. The van der Waals surface area contributed by atoms with Crippen molar-refractivity contribution in [3.8, 4) is 0 Å². The van der Waals surface area contributed by atoms with Crippen molar-refractivity contribution in [3.05, 3.63) is 0 Å². The van der Waals surface area contributed by atoms with Gasteiger partial charge in [0.25, 0.3) is 0 Å². The van der Waals surface area contributed by atoms with Crippen molar-refractivity contribution in [1.29, 1.82) is 0 Å². The fourth-order valence-electron chi connectivity index (χ4n) is 2.34. The second kappa shape index (κ2) is 9.22. The van der Waals surface area contributed by atoms with Gasteiger partial charge in [-0.05, 0) is 45.2 Å². The van der Waals surface area contributed by atoms with Crippen molar-refractivity contribution in [3.63, 3.8) is 0 Å². The third kappa shape index (κ3) is 5.10. The number of rotatable bonds is 11. The van der Waals surface area contributed by atoms with E-state index >= 15 is 0 Å². The number of unbranched alkanes of at least 4 members (excludes halogenated alkanes) is 1. The van der Waals surface area contributed by atoms with Gasteiger partial charge in [0.05, 0.1) is 0 Å². The largest absolute Gasteiger partial charge is 0.358 e. The lowest BCUT2D eigenvalue weighted by atomic mass is 10.3. The Kier molecular flexibility index (Phi) is 9.36. The summed E-state index contributed by atoms with van der Waals surface area (Å²) in [5.74, 6) is 0. The molecule has 0 amide bonds. The Labute approximate surface area is 116 Å². The highest BCUT2D eigenvalue weighted by Crippen LogP contribution is 2.17. The second-order valence-electron chi connectivity index (χ2n) is 5.00. The standard InChI is InChI=1S/C12H34N4Si2/c1-7-11-12-15-18(13-5,14-6)16-17(8-2,9-3)10-4/h13-16H,7-12H2,1-6H3. The summed E-state index contributed by atoms with van der Waals surface area (Å²) in [5, 5.41) is 0. The molecule has 0 aliphatic rings. The molecule has 0 saturated carbocycles. The van der Waals surface area contributed by atoms with Gasteiger partial charge in [-0.3, -0.25) is 0 Å². The average Bonchev–Trinajstić information content (AvgIpc) is 2.44. The van der Waals surface area contributed by atoms with E-state index in [0.717, 1.165) is 6.54 Å². The topological polar surface area (TPSA) is 48.1 Å². The van der Waals surface area contributed by atoms with Crippen LogP contribution in [0.5, 0.6) is 0 Å². The molecule has 110 valence electrons. The van der Waals surface area contributed by atoms with Crippen LogP contribution in [0.3, 0.4) is 0 Å². The van der Waals surface area contributed by atoms with Crippen LogP contribution in [0, 0.1) is 0 Å².